The molecule has 2 fully saturated rings. The molecule has 2 atom stereocenters. The number of hydrogen-bond donors (Lipinski definition) is 0. The summed E-state index contributed by atoms with van der Waals surface area (Å²) in [5.74, 6) is 3.17. The van der Waals surface area contributed by atoms with E-state index in [-0.39, 0.29) is 6.04 Å². The summed E-state index contributed by atoms with van der Waals surface area (Å²) in [5, 5.41) is 4.12. The van der Waals surface area contributed by atoms with E-state index in [4.69, 9.17) is 4.52 Å². The maximum absolute atomic E-state index is 5.45. The maximum Gasteiger partial charge on any atom is 0.243 e. The zero-order valence-corrected chi connectivity index (χ0v) is 11.4. The summed E-state index contributed by atoms with van der Waals surface area (Å²) in [4.78, 5) is 7.08. The molecular weight excluding hydrogens is 226 g/mol. The average molecular weight is 249 g/mol. The van der Waals surface area contributed by atoms with Crippen molar-refractivity contribution in [2.75, 3.05) is 13.1 Å². The molecule has 2 aliphatic rings. The van der Waals surface area contributed by atoms with E-state index in [0.29, 0.717) is 5.92 Å². The number of aromatic nitrogens is 2. The number of rotatable bonds is 4. The first-order chi connectivity index (χ1) is 8.78. The fourth-order valence-electron chi connectivity index (χ4n) is 2.86. The Morgan fingerprint density at radius 3 is 2.94 bits per heavy atom. The molecule has 18 heavy (non-hydrogen) atoms. The Bertz CT molecular complexity index is 399. The monoisotopic (exact) mass is 249 g/mol. The highest BCUT2D eigenvalue weighted by Gasteiger charge is 2.31. The van der Waals surface area contributed by atoms with Crippen LogP contribution in [0.3, 0.4) is 0 Å². The Kier molecular flexibility index (Phi) is 3.37. The second-order valence-corrected chi connectivity index (χ2v) is 5.85. The largest absolute Gasteiger partial charge is 0.338 e. The van der Waals surface area contributed by atoms with Gasteiger partial charge in [-0.1, -0.05) is 18.5 Å². The molecule has 0 spiro atoms. The van der Waals surface area contributed by atoms with E-state index in [1.807, 2.05) is 0 Å². The fraction of sp³-hybridized carbons (Fsp3) is 0.857. The third-order valence-corrected chi connectivity index (χ3v) is 4.43. The van der Waals surface area contributed by atoms with Crippen LogP contribution in [0.5, 0.6) is 0 Å². The summed E-state index contributed by atoms with van der Waals surface area (Å²) < 4.78 is 5.45. The van der Waals surface area contributed by atoms with Gasteiger partial charge in [-0.05, 0) is 45.1 Å². The van der Waals surface area contributed by atoms with E-state index in [9.17, 15) is 0 Å². The van der Waals surface area contributed by atoms with Gasteiger partial charge in [0.25, 0.3) is 0 Å². The molecule has 1 aromatic heterocycles. The molecule has 1 saturated carbocycles. The van der Waals surface area contributed by atoms with Crippen LogP contribution in [-0.2, 0) is 0 Å². The maximum atomic E-state index is 5.45. The van der Waals surface area contributed by atoms with E-state index < -0.39 is 0 Å². The van der Waals surface area contributed by atoms with Gasteiger partial charge in [0.05, 0.1) is 6.04 Å². The van der Waals surface area contributed by atoms with Crippen LogP contribution in [0.25, 0.3) is 0 Å². The van der Waals surface area contributed by atoms with Gasteiger partial charge in [-0.25, -0.2) is 0 Å². The third-order valence-electron chi connectivity index (χ3n) is 4.43. The second kappa shape index (κ2) is 5.00. The fourth-order valence-corrected chi connectivity index (χ4v) is 2.86. The van der Waals surface area contributed by atoms with Crippen LogP contribution in [0.1, 0.15) is 69.6 Å². The van der Waals surface area contributed by atoms with Crippen molar-refractivity contribution in [3.63, 3.8) is 0 Å². The number of piperidine rings is 1. The molecule has 4 nitrogen and oxygen atoms in total. The van der Waals surface area contributed by atoms with Gasteiger partial charge in [-0.3, -0.25) is 4.90 Å². The van der Waals surface area contributed by atoms with E-state index in [2.05, 4.69) is 28.9 Å². The van der Waals surface area contributed by atoms with Crippen LogP contribution >= 0.6 is 0 Å². The first kappa shape index (κ1) is 12.2. The van der Waals surface area contributed by atoms with E-state index in [0.717, 1.165) is 17.6 Å². The van der Waals surface area contributed by atoms with E-state index >= 15 is 0 Å². The Morgan fingerprint density at radius 1 is 1.39 bits per heavy atom. The van der Waals surface area contributed by atoms with E-state index in [1.54, 1.807) is 0 Å². The van der Waals surface area contributed by atoms with Crippen LogP contribution in [0.4, 0.5) is 0 Å². The van der Waals surface area contributed by atoms with Crippen LogP contribution in [0, 0.1) is 5.92 Å². The quantitative estimate of drug-likeness (QED) is 0.822. The molecule has 1 aromatic rings. The highest BCUT2D eigenvalue weighted by molar-refractivity contribution is 5.04. The first-order valence-corrected chi connectivity index (χ1v) is 7.35. The van der Waals surface area contributed by atoms with Gasteiger partial charge in [-0.15, -0.1) is 0 Å². The summed E-state index contributed by atoms with van der Waals surface area (Å²) >= 11 is 0. The van der Waals surface area contributed by atoms with Crippen molar-refractivity contribution in [2.24, 2.45) is 5.92 Å². The van der Waals surface area contributed by atoms with Crippen molar-refractivity contribution >= 4 is 0 Å². The molecule has 0 radical (unpaired) electrons. The van der Waals surface area contributed by atoms with Gasteiger partial charge in [-0.2, -0.15) is 4.98 Å². The molecule has 0 unspecified atom stereocenters. The molecule has 0 N–H and O–H groups in total. The van der Waals surface area contributed by atoms with Gasteiger partial charge in [0.15, 0.2) is 5.82 Å². The molecule has 1 aliphatic heterocycles. The van der Waals surface area contributed by atoms with Crippen LogP contribution in [0.2, 0.25) is 0 Å². The molecule has 0 aromatic carbocycles. The van der Waals surface area contributed by atoms with Gasteiger partial charge in [0.1, 0.15) is 0 Å². The van der Waals surface area contributed by atoms with Crippen molar-refractivity contribution in [2.45, 2.75) is 57.9 Å². The number of nitrogens with zero attached hydrogens (tertiary/aromatic N) is 3. The summed E-state index contributed by atoms with van der Waals surface area (Å²) in [6.07, 6.45) is 6.41. The minimum Gasteiger partial charge on any atom is -0.338 e. The molecule has 1 saturated heterocycles. The van der Waals surface area contributed by atoms with Crippen LogP contribution in [-0.4, -0.2) is 28.1 Å². The predicted octanol–water partition coefficient (Wildman–Crippen LogP) is 3.13. The van der Waals surface area contributed by atoms with Gasteiger partial charge >= 0.3 is 0 Å². The molecule has 0 bridgehead atoms. The lowest BCUT2D eigenvalue weighted by atomic mass is 9.95. The molecule has 100 valence electrons. The molecule has 2 heterocycles. The van der Waals surface area contributed by atoms with Crippen molar-refractivity contribution in [1.82, 2.24) is 15.0 Å². The lowest BCUT2D eigenvalue weighted by Gasteiger charge is -2.34. The van der Waals surface area contributed by atoms with Crippen molar-refractivity contribution in [1.29, 1.82) is 0 Å². The van der Waals surface area contributed by atoms with Crippen LogP contribution < -0.4 is 0 Å². The Balaban J connectivity index is 1.66. The summed E-state index contributed by atoms with van der Waals surface area (Å²) in [6, 6.07) is 0.277. The summed E-state index contributed by atoms with van der Waals surface area (Å²) in [7, 11) is 0. The molecule has 4 heteroatoms. The van der Waals surface area contributed by atoms with Crippen molar-refractivity contribution in [3.8, 4) is 0 Å². The van der Waals surface area contributed by atoms with Crippen LogP contribution in [0.15, 0.2) is 4.52 Å². The van der Waals surface area contributed by atoms with Gasteiger partial charge < -0.3 is 4.52 Å². The molecule has 0 amide bonds. The van der Waals surface area contributed by atoms with Crippen molar-refractivity contribution in [3.05, 3.63) is 11.7 Å². The molecule has 3 rings (SSSR count). The summed E-state index contributed by atoms with van der Waals surface area (Å²) in [5.41, 5.74) is 0. The first-order valence-electron chi connectivity index (χ1n) is 7.35. The summed E-state index contributed by atoms with van der Waals surface area (Å²) in [6.45, 7) is 6.83. The topological polar surface area (TPSA) is 42.2 Å². The number of hydrogen-bond acceptors (Lipinski definition) is 4. The van der Waals surface area contributed by atoms with E-state index in [1.165, 1.54) is 45.2 Å². The zero-order valence-electron chi connectivity index (χ0n) is 11.4. The standard InChI is InChI=1S/C14H23N3O/c1-3-11-5-4-8-17(9-11)10(2)14-15-13(16-18-14)12-6-7-12/h10-12H,3-9H2,1-2H3/t10-,11+/m1/s1. The lowest BCUT2D eigenvalue weighted by molar-refractivity contribution is 0.109. The minimum absolute atomic E-state index is 0.277. The highest BCUT2D eigenvalue weighted by Crippen LogP contribution is 2.38. The van der Waals surface area contributed by atoms with Gasteiger partial charge in [0.2, 0.25) is 5.89 Å². The predicted molar refractivity (Wildman–Crippen MR) is 69.3 cm³/mol. The highest BCUT2D eigenvalue weighted by atomic mass is 16.5. The minimum atomic E-state index is 0.277. The third kappa shape index (κ3) is 2.44. The molecule has 1 aliphatic carbocycles. The second-order valence-electron chi connectivity index (χ2n) is 5.85. The number of likely N-dealkylation sites (tertiary alicyclic amines) is 1. The lowest BCUT2D eigenvalue weighted by Crippen LogP contribution is -2.37. The normalized spacial score (nSPS) is 27.3. The Morgan fingerprint density at radius 2 is 2.22 bits per heavy atom. The SMILES string of the molecule is CC[C@H]1CCCN([C@H](C)c2nc(C3CC3)no2)C1. The smallest absolute Gasteiger partial charge is 0.243 e. The Labute approximate surface area is 109 Å². The van der Waals surface area contributed by atoms with Gasteiger partial charge in [0, 0.05) is 12.5 Å². The zero-order chi connectivity index (χ0) is 12.5. The molecular formula is C14H23N3O. The Hall–Kier alpha value is -0.900. The average Bonchev–Trinajstić information content (AvgIpc) is 3.16. The van der Waals surface area contributed by atoms with Crippen molar-refractivity contribution < 1.29 is 4.52 Å².